The molecule has 0 saturated heterocycles. The van der Waals surface area contributed by atoms with E-state index in [1.807, 2.05) is 0 Å². The molecular formula is C10H10F2INO3. The molecule has 7 heteroatoms. The molecule has 1 aromatic rings. The van der Waals surface area contributed by atoms with E-state index in [1.54, 1.807) is 29.5 Å². The average molecular weight is 357 g/mol. The predicted octanol–water partition coefficient (Wildman–Crippen LogP) is 2.81. The Kier molecular flexibility index (Phi) is 5.03. The van der Waals surface area contributed by atoms with Crippen LogP contribution in [0.3, 0.4) is 0 Å². The Balaban J connectivity index is 3.23. The van der Waals surface area contributed by atoms with E-state index in [4.69, 9.17) is 9.47 Å². The first-order valence-corrected chi connectivity index (χ1v) is 5.78. The summed E-state index contributed by atoms with van der Waals surface area (Å²) in [6.07, 6.45) is -2.72. The van der Waals surface area contributed by atoms with Gasteiger partial charge in [0.15, 0.2) is 0 Å². The van der Waals surface area contributed by atoms with Crippen molar-refractivity contribution in [1.82, 2.24) is 4.98 Å². The van der Waals surface area contributed by atoms with Crippen LogP contribution in [0, 0.1) is 3.57 Å². The third kappa shape index (κ3) is 3.24. The Hall–Kier alpha value is -0.990. The van der Waals surface area contributed by atoms with E-state index in [0.717, 1.165) is 0 Å². The summed E-state index contributed by atoms with van der Waals surface area (Å²) in [5, 5.41) is 0. The third-order valence-electron chi connectivity index (χ3n) is 1.86. The quantitative estimate of drug-likeness (QED) is 0.614. The van der Waals surface area contributed by atoms with Crippen LogP contribution in [-0.2, 0) is 4.74 Å². The van der Waals surface area contributed by atoms with Crippen molar-refractivity contribution in [2.75, 3.05) is 13.7 Å². The number of esters is 1. The highest BCUT2D eigenvalue weighted by molar-refractivity contribution is 14.1. The van der Waals surface area contributed by atoms with Crippen LogP contribution in [0.1, 0.15) is 29.4 Å². The Morgan fingerprint density at radius 3 is 2.71 bits per heavy atom. The van der Waals surface area contributed by atoms with Gasteiger partial charge in [-0.15, -0.1) is 0 Å². The molecule has 0 amide bonds. The number of carbonyl (C=O) groups is 1. The highest BCUT2D eigenvalue weighted by Crippen LogP contribution is 2.28. The molecular weight excluding hydrogens is 347 g/mol. The molecule has 0 unspecified atom stereocenters. The number of rotatable bonds is 4. The largest absolute Gasteiger partial charge is 0.480 e. The standard InChI is InChI=1S/C10H10F2INO3/c1-3-17-10(15)5-4-6(13)7(8(11)12)14-9(5)16-2/h4,8H,3H2,1-2H3. The molecule has 0 fully saturated rings. The number of hydrogen-bond acceptors (Lipinski definition) is 4. The minimum atomic E-state index is -2.72. The average Bonchev–Trinajstić information content (AvgIpc) is 2.28. The maximum Gasteiger partial charge on any atom is 0.343 e. The Bertz CT molecular complexity index is 426. The van der Waals surface area contributed by atoms with Gasteiger partial charge in [0.25, 0.3) is 6.43 Å². The van der Waals surface area contributed by atoms with Crippen molar-refractivity contribution < 1.29 is 23.0 Å². The summed E-state index contributed by atoms with van der Waals surface area (Å²) in [5.74, 6) is -0.797. The maximum atomic E-state index is 12.6. The normalized spacial score (nSPS) is 10.5. The van der Waals surface area contributed by atoms with Crippen molar-refractivity contribution in [3.05, 3.63) is 20.9 Å². The first-order valence-electron chi connectivity index (χ1n) is 4.71. The lowest BCUT2D eigenvalue weighted by Gasteiger charge is -2.10. The zero-order valence-electron chi connectivity index (χ0n) is 9.17. The summed E-state index contributed by atoms with van der Waals surface area (Å²) in [6, 6.07) is 1.28. The molecule has 1 aromatic heterocycles. The highest BCUT2D eigenvalue weighted by atomic mass is 127. The number of ether oxygens (including phenoxy) is 2. The second kappa shape index (κ2) is 6.08. The molecule has 0 aliphatic heterocycles. The second-order valence-corrected chi connectivity index (χ2v) is 4.10. The molecule has 0 N–H and O–H groups in total. The van der Waals surface area contributed by atoms with Gasteiger partial charge in [0, 0.05) is 3.57 Å². The smallest absolute Gasteiger partial charge is 0.343 e. The molecule has 0 saturated carbocycles. The number of pyridine rings is 1. The summed E-state index contributed by atoms with van der Waals surface area (Å²) in [6.45, 7) is 1.84. The zero-order chi connectivity index (χ0) is 13.0. The number of nitrogens with zero attached hydrogens (tertiary/aromatic N) is 1. The van der Waals surface area contributed by atoms with Crippen LogP contribution in [0.15, 0.2) is 6.07 Å². The topological polar surface area (TPSA) is 48.4 Å². The van der Waals surface area contributed by atoms with Crippen molar-refractivity contribution in [3.63, 3.8) is 0 Å². The molecule has 0 bridgehead atoms. The van der Waals surface area contributed by atoms with Gasteiger partial charge in [0.05, 0.1) is 13.7 Å². The van der Waals surface area contributed by atoms with E-state index >= 15 is 0 Å². The molecule has 0 aliphatic carbocycles. The molecule has 1 heterocycles. The number of halogens is 3. The second-order valence-electron chi connectivity index (χ2n) is 2.93. The van der Waals surface area contributed by atoms with Crippen LogP contribution in [0.5, 0.6) is 5.88 Å². The molecule has 4 nitrogen and oxygen atoms in total. The number of aromatic nitrogens is 1. The number of hydrogen-bond donors (Lipinski definition) is 0. The SMILES string of the molecule is CCOC(=O)c1cc(I)c(C(F)F)nc1OC. The van der Waals surface area contributed by atoms with Crippen LogP contribution >= 0.6 is 22.6 Å². The minimum absolute atomic E-state index is 0.0446. The van der Waals surface area contributed by atoms with Gasteiger partial charge in [-0.25, -0.2) is 18.6 Å². The maximum absolute atomic E-state index is 12.6. The van der Waals surface area contributed by atoms with E-state index in [2.05, 4.69) is 4.98 Å². The van der Waals surface area contributed by atoms with Crippen molar-refractivity contribution >= 4 is 28.6 Å². The van der Waals surface area contributed by atoms with Gasteiger partial charge in [-0.2, -0.15) is 0 Å². The summed E-state index contributed by atoms with van der Waals surface area (Å²) in [4.78, 5) is 15.1. The van der Waals surface area contributed by atoms with Gasteiger partial charge >= 0.3 is 5.97 Å². The minimum Gasteiger partial charge on any atom is -0.480 e. The third-order valence-corrected chi connectivity index (χ3v) is 2.73. The first kappa shape index (κ1) is 14.1. The summed E-state index contributed by atoms with van der Waals surface area (Å²) in [7, 11) is 1.26. The van der Waals surface area contributed by atoms with E-state index in [0.29, 0.717) is 0 Å². The van der Waals surface area contributed by atoms with Crippen molar-refractivity contribution in [2.24, 2.45) is 0 Å². The fourth-order valence-electron chi connectivity index (χ4n) is 1.15. The summed E-state index contributed by atoms with van der Waals surface area (Å²) in [5.41, 5.74) is -0.362. The molecule has 0 aromatic carbocycles. The van der Waals surface area contributed by atoms with Gasteiger partial charge in [-0.1, -0.05) is 0 Å². The molecule has 0 spiro atoms. The van der Waals surface area contributed by atoms with Gasteiger partial charge in [-0.05, 0) is 35.6 Å². The van der Waals surface area contributed by atoms with Crippen LogP contribution in [-0.4, -0.2) is 24.7 Å². The lowest BCUT2D eigenvalue weighted by Crippen LogP contribution is -2.10. The fourth-order valence-corrected chi connectivity index (χ4v) is 1.82. The lowest BCUT2D eigenvalue weighted by molar-refractivity contribution is 0.0520. The zero-order valence-corrected chi connectivity index (χ0v) is 11.3. The summed E-state index contributed by atoms with van der Waals surface area (Å²) < 4.78 is 35.0. The molecule has 0 aliphatic rings. The van der Waals surface area contributed by atoms with Gasteiger partial charge < -0.3 is 9.47 Å². The predicted molar refractivity (Wildman–Crippen MR) is 64.4 cm³/mol. The Morgan fingerprint density at radius 2 is 2.24 bits per heavy atom. The molecule has 0 radical (unpaired) electrons. The number of methoxy groups -OCH3 is 1. The van der Waals surface area contributed by atoms with Gasteiger partial charge in [0.2, 0.25) is 5.88 Å². The van der Waals surface area contributed by atoms with Crippen LogP contribution < -0.4 is 4.74 Å². The Morgan fingerprint density at radius 1 is 1.59 bits per heavy atom. The Labute approximate surface area is 110 Å². The van der Waals surface area contributed by atoms with Gasteiger partial charge in [-0.3, -0.25) is 0 Å². The van der Waals surface area contributed by atoms with Crippen LogP contribution in [0.4, 0.5) is 8.78 Å². The van der Waals surface area contributed by atoms with Crippen molar-refractivity contribution in [3.8, 4) is 5.88 Å². The van der Waals surface area contributed by atoms with E-state index in [1.165, 1.54) is 13.2 Å². The van der Waals surface area contributed by atoms with Crippen molar-refractivity contribution in [1.29, 1.82) is 0 Å². The molecule has 0 atom stereocenters. The van der Waals surface area contributed by atoms with E-state index in [-0.39, 0.29) is 21.6 Å². The number of alkyl halides is 2. The fraction of sp³-hybridized carbons (Fsp3) is 0.400. The lowest BCUT2D eigenvalue weighted by atomic mass is 10.2. The molecule has 94 valence electrons. The monoisotopic (exact) mass is 357 g/mol. The molecule has 17 heavy (non-hydrogen) atoms. The highest BCUT2D eigenvalue weighted by Gasteiger charge is 2.22. The number of carbonyl (C=O) groups excluding carboxylic acids is 1. The van der Waals surface area contributed by atoms with Gasteiger partial charge in [0.1, 0.15) is 11.3 Å². The van der Waals surface area contributed by atoms with E-state index in [9.17, 15) is 13.6 Å². The van der Waals surface area contributed by atoms with Crippen LogP contribution in [0.25, 0.3) is 0 Å². The van der Waals surface area contributed by atoms with Crippen molar-refractivity contribution in [2.45, 2.75) is 13.3 Å². The van der Waals surface area contributed by atoms with Crippen LogP contribution in [0.2, 0.25) is 0 Å². The molecule has 1 rings (SSSR count). The van der Waals surface area contributed by atoms with E-state index < -0.39 is 18.1 Å². The summed E-state index contributed by atoms with van der Waals surface area (Å²) >= 11 is 1.69. The first-order chi connectivity index (χ1) is 8.01.